The van der Waals surface area contributed by atoms with Crippen LogP contribution in [0.3, 0.4) is 0 Å². The van der Waals surface area contributed by atoms with Crippen LogP contribution in [0.5, 0.6) is 0 Å². The van der Waals surface area contributed by atoms with E-state index in [0.717, 1.165) is 23.7 Å². The zero-order valence-corrected chi connectivity index (χ0v) is 25.0. The van der Waals surface area contributed by atoms with Crippen molar-refractivity contribution in [1.82, 2.24) is 10.5 Å². The van der Waals surface area contributed by atoms with Crippen LogP contribution in [-0.2, 0) is 25.9 Å². The maximum Gasteiger partial charge on any atom is 0.0435 e. The fourth-order valence-corrected chi connectivity index (χ4v) is 6.96. The number of halogens is 3. The summed E-state index contributed by atoms with van der Waals surface area (Å²) in [6.45, 7) is 3.24. The Kier molecular flexibility index (Phi) is 10.9. The molecule has 1 aromatic heterocycles. The Balaban J connectivity index is 0.000000199. The van der Waals surface area contributed by atoms with E-state index in [1.54, 1.807) is 0 Å². The Morgan fingerprint density at radius 2 is 1.47 bits per heavy atom. The number of hydrogen-bond acceptors (Lipinski definition) is 1. The molecule has 0 unspecified atom stereocenters. The van der Waals surface area contributed by atoms with Gasteiger partial charge in [-0.2, -0.15) is 1.33 Å². The second kappa shape index (κ2) is 12.9. The topological polar surface area (TPSA) is 13.1 Å². The Bertz CT molecular complexity index is 835. The summed E-state index contributed by atoms with van der Waals surface area (Å²) in [7, 11) is 0. The van der Waals surface area contributed by atoms with Gasteiger partial charge in [0.1, 0.15) is 0 Å². The molecule has 0 amide bonds. The fraction of sp³-hybridized carbons (Fsp3) is 0.609. The summed E-state index contributed by atoms with van der Waals surface area (Å²) in [4.78, 5) is 0. The second-order valence-corrected chi connectivity index (χ2v) is 14.1. The first-order chi connectivity index (χ1) is 14.5. The first kappa shape index (κ1) is 25.5. The number of nitrogens with zero attached hydrogens (tertiary/aromatic N) is 3. The van der Waals surface area contributed by atoms with Crippen LogP contribution in [-0.4, -0.2) is 10.5 Å². The monoisotopic (exact) mass is 834 g/mol. The van der Waals surface area contributed by atoms with E-state index in [2.05, 4.69) is 88.7 Å². The number of imidazole rings is 1. The van der Waals surface area contributed by atoms with Crippen LogP contribution < -0.4 is 0 Å². The van der Waals surface area contributed by atoms with Crippen LogP contribution in [0.2, 0.25) is 5.02 Å². The van der Waals surface area contributed by atoms with Gasteiger partial charge in [-0.05, 0) is 17.7 Å². The number of hydrogen-bond donors (Lipinski definition) is 0. The Labute approximate surface area is 225 Å². The summed E-state index contributed by atoms with van der Waals surface area (Å²) in [6, 6.07) is 9.43. The van der Waals surface area contributed by atoms with Gasteiger partial charge in [0.05, 0.1) is 0 Å². The van der Waals surface area contributed by atoms with Gasteiger partial charge >= 0.3 is 127 Å². The molecule has 2 saturated carbocycles. The van der Waals surface area contributed by atoms with E-state index in [-0.39, 0.29) is 0 Å². The minimum absolute atomic E-state index is 0.768. The number of benzene rings is 1. The van der Waals surface area contributed by atoms with Gasteiger partial charge in [-0.25, -0.2) is 0 Å². The van der Waals surface area contributed by atoms with Crippen LogP contribution in [0.15, 0.2) is 30.5 Å². The SMILES string of the molecule is Cc1cn(C2CCCCC2)[c](=[Pt])n1C1CCCCC1.Clc1ccc(CN(I)I)cc1. The van der Waals surface area contributed by atoms with Crippen LogP contribution in [0.4, 0.5) is 0 Å². The number of aromatic nitrogens is 2. The molecule has 0 spiro atoms. The van der Waals surface area contributed by atoms with Crippen molar-refractivity contribution < 1.29 is 19.4 Å². The van der Waals surface area contributed by atoms with Crippen LogP contribution in [0.25, 0.3) is 0 Å². The van der Waals surface area contributed by atoms with Crippen molar-refractivity contribution >= 4 is 57.3 Å². The van der Waals surface area contributed by atoms with Crippen molar-refractivity contribution in [2.45, 2.75) is 89.8 Å². The summed E-state index contributed by atoms with van der Waals surface area (Å²) in [5.41, 5.74) is 2.75. The number of aryl methyl sites for hydroxylation is 1. The third kappa shape index (κ3) is 7.43. The zero-order chi connectivity index (χ0) is 21.5. The molecular weight excluding hydrogens is 803 g/mol. The molecular formula is C23H32ClI2N3Pt. The molecule has 0 radical (unpaired) electrons. The van der Waals surface area contributed by atoms with Gasteiger partial charge in [0.2, 0.25) is 0 Å². The van der Waals surface area contributed by atoms with Crippen molar-refractivity contribution in [3.05, 3.63) is 50.5 Å². The smallest absolute Gasteiger partial charge is 0.0435 e. The summed E-state index contributed by atoms with van der Waals surface area (Å²) >= 11 is 12.8. The van der Waals surface area contributed by atoms with E-state index < -0.39 is 0 Å². The first-order valence-corrected chi connectivity index (χ1v) is 14.5. The second-order valence-electron chi connectivity index (χ2n) is 8.46. The maximum absolute atomic E-state index is 5.73. The van der Waals surface area contributed by atoms with E-state index >= 15 is 0 Å². The molecule has 2 fully saturated rings. The summed E-state index contributed by atoms with van der Waals surface area (Å²) < 4.78 is 8.77. The van der Waals surface area contributed by atoms with Crippen molar-refractivity contribution in [3.63, 3.8) is 0 Å². The summed E-state index contributed by atoms with van der Waals surface area (Å²) in [5, 5.41) is 0.794. The minimum Gasteiger partial charge on any atom is -0.184 e. The fourth-order valence-electron chi connectivity index (χ4n) is 4.67. The van der Waals surface area contributed by atoms with Gasteiger partial charge in [0.15, 0.2) is 0 Å². The molecule has 3 nitrogen and oxygen atoms in total. The van der Waals surface area contributed by atoms with Gasteiger partial charge in [-0.15, -0.1) is 0 Å². The van der Waals surface area contributed by atoms with E-state index in [1.165, 1.54) is 79.3 Å². The predicted octanol–water partition coefficient (Wildman–Crippen LogP) is 8.53. The molecule has 170 valence electrons. The Morgan fingerprint density at radius 1 is 0.933 bits per heavy atom. The van der Waals surface area contributed by atoms with Crippen molar-refractivity contribution in [2.75, 3.05) is 0 Å². The number of rotatable bonds is 4. The molecule has 0 N–H and O–H groups in total. The van der Waals surface area contributed by atoms with Crippen LogP contribution >= 0.6 is 57.3 Å². The van der Waals surface area contributed by atoms with Gasteiger partial charge in [-0.3, -0.25) is 0 Å². The van der Waals surface area contributed by atoms with Crippen molar-refractivity contribution in [3.8, 4) is 0 Å². The van der Waals surface area contributed by atoms with Crippen molar-refractivity contribution in [2.24, 2.45) is 0 Å². The molecule has 2 aliphatic carbocycles. The quantitative estimate of drug-likeness (QED) is 0.223. The molecule has 0 bridgehead atoms. The van der Waals surface area contributed by atoms with Gasteiger partial charge in [-0.1, -0.05) is 23.7 Å². The summed E-state index contributed by atoms with van der Waals surface area (Å²) in [5.74, 6) is 0. The van der Waals surface area contributed by atoms with Crippen LogP contribution in [0, 0.1) is 10.7 Å². The average molecular weight is 835 g/mol. The third-order valence-corrected chi connectivity index (χ3v) is 8.28. The molecule has 30 heavy (non-hydrogen) atoms. The molecule has 4 rings (SSSR count). The Hall–Kier alpha value is 0.828. The molecule has 1 aromatic carbocycles. The minimum atomic E-state index is 0.768. The largest absolute Gasteiger partial charge is 0.184 e. The molecule has 1 heterocycles. The van der Waals surface area contributed by atoms with E-state index in [4.69, 9.17) is 11.6 Å². The molecule has 7 heteroatoms. The van der Waals surface area contributed by atoms with E-state index in [0.29, 0.717) is 0 Å². The van der Waals surface area contributed by atoms with Crippen LogP contribution in [0.1, 0.15) is 87.5 Å². The third-order valence-electron chi connectivity index (χ3n) is 6.21. The zero-order valence-electron chi connectivity index (χ0n) is 17.6. The van der Waals surface area contributed by atoms with Crippen molar-refractivity contribution in [1.29, 1.82) is 0 Å². The maximum atomic E-state index is 5.73. The molecule has 0 atom stereocenters. The van der Waals surface area contributed by atoms with Gasteiger partial charge in [0.25, 0.3) is 0 Å². The van der Waals surface area contributed by atoms with E-state index in [9.17, 15) is 0 Å². The molecule has 0 aliphatic heterocycles. The van der Waals surface area contributed by atoms with Gasteiger partial charge < -0.3 is 0 Å². The standard InChI is InChI=1S/C16H26N2.C7H6ClI2N.Pt/c1-14-12-17(15-8-4-2-5-9-15)13-18(14)16-10-6-3-7-11-16;8-7-3-1-6(2-4-7)5-11(9)10;/h12,15-16H,2-11H2,1H3;1-4H,5H2;. The Morgan fingerprint density at radius 3 is 2.00 bits per heavy atom. The normalized spacial score (nSPS) is 18.4. The molecule has 2 aromatic rings. The molecule has 2 aliphatic rings. The predicted molar refractivity (Wildman–Crippen MR) is 140 cm³/mol. The van der Waals surface area contributed by atoms with Gasteiger partial charge in [0, 0.05) is 57.3 Å². The first-order valence-electron chi connectivity index (χ1n) is 11.0. The average Bonchev–Trinajstić information content (AvgIpc) is 3.05. The van der Waals surface area contributed by atoms with E-state index in [1.807, 2.05) is 24.3 Å². The molecule has 0 saturated heterocycles. The summed E-state index contributed by atoms with van der Waals surface area (Å²) in [6.07, 6.45) is 16.5.